The van der Waals surface area contributed by atoms with E-state index in [0.717, 1.165) is 41.8 Å². The van der Waals surface area contributed by atoms with Crippen LogP contribution in [0.3, 0.4) is 0 Å². The van der Waals surface area contributed by atoms with Gasteiger partial charge in [0.1, 0.15) is 5.82 Å². The van der Waals surface area contributed by atoms with Gasteiger partial charge in [-0.1, -0.05) is 0 Å². The maximum atomic E-state index is 11.7. The fraction of sp³-hybridized carbons (Fsp3) is 0.235. The van der Waals surface area contributed by atoms with E-state index in [9.17, 15) is 24.9 Å². The lowest BCUT2D eigenvalue weighted by molar-refractivity contribution is -0.418. The van der Waals surface area contributed by atoms with Crippen molar-refractivity contribution in [2.45, 2.75) is 0 Å². The maximum Gasteiger partial charge on any atom is 0.321 e. The Morgan fingerprint density at radius 1 is 1.24 bits per heavy atom. The molecule has 0 saturated carbocycles. The molecule has 0 bridgehead atoms. The van der Waals surface area contributed by atoms with E-state index in [1.54, 1.807) is 12.2 Å². The summed E-state index contributed by atoms with van der Waals surface area (Å²) in [5, 5.41) is 22.2. The van der Waals surface area contributed by atoms with Gasteiger partial charge in [-0.3, -0.25) is 24.9 Å². The summed E-state index contributed by atoms with van der Waals surface area (Å²) in [7, 11) is 0. The third kappa shape index (κ3) is 3.67. The second kappa shape index (κ2) is 7.56. The fourth-order valence-corrected chi connectivity index (χ4v) is 3.90. The number of rotatable bonds is 3. The molecule has 0 amide bonds. The lowest BCUT2D eigenvalue weighted by Gasteiger charge is -2.34. The van der Waals surface area contributed by atoms with Gasteiger partial charge < -0.3 is 9.74 Å². The smallest absolute Gasteiger partial charge is 0.321 e. The van der Waals surface area contributed by atoms with Crippen molar-refractivity contribution in [3.8, 4) is 0 Å². The third-order valence-electron chi connectivity index (χ3n) is 4.46. The van der Waals surface area contributed by atoms with Crippen molar-refractivity contribution in [3.63, 3.8) is 0 Å². The first-order valence-electron chi connectivity index (χ1n) is 8.57. The number of allylic oxidation sites excluding steroid dienone is 5. The Balaban J connectivity index is 1.64. The predicted molar refractivity (Wildman–Crippen MR) is 102 cm³/mol. The van der Waals surface area contributed by atoms with Crippen molar-refractivity contribution < 1.29 is 24.6 Å². The highest BCUT2D eigenvalue weighted by Crippen LogP contribution is 2.26. The van der Waals surface area contributed by atoms with Crippen molar-refractivity contribution in [3.05, 3.63) is 69.1 Å². The summed E-state index contributed by atoms with van der Waals surface area (Å²) in [6.07, 6.45) is 6.72. The van der Waals surface area contributed by atoms with E-state index in [1.807, 2.05) is 16.7 Å². The van der Waals surface area contributed by atoms with E-state index in [1.165, 1.54) is 6.20 Å². The van der Waals surface area contributed by atoms with Gasteiger partial charge in [0, 0.05) is 48.5 Å². The molecule has 150 valence electrons. The first kappa shape index (κ1) is 19.0. The monoisotopic (exact) mass is 417 g/mol. The van der Waals surface area contributed by atoms with Crippen LogP contribution in [0.1, 0.15) is 0 Å². The highest BCUT2D eigenvalue weighted by molar-refractivity contribution is 7.99. The van der Waals surface area contributed by atoms with Crippen molar-refractivity contribution in [1.29, 1.82) is 0 Å². The number of nitrogens with one attached hydrogen (secondary N) is 1. The number of hydrogen-bond donors (Lipinski definition) is 2. The topological polar surface area (TPSA) is 138 Å². The molecule has 3 heterocycles. The Bertz CT molecular complexity index is 986. The number of ketones is 2. The van der Waals surface area contributed by atoms with Gasteiger partial charge in [0.25, 0.3) is 5.90 Å². The number of Topliss-reactive ketones (excluding diaryl/α,β-unsaturated/α-hetero) is 1. The van der Waals surface area contributed by atoms with Gasteiger partial charge in [0.2, 0.25) is 5.78 Å². The Labute approximate surface area is 168 Å². The van der Waals surface area contributed by atoms with Crippen LogP contribution >= 0.6 is 11.8 Å². The van der Waals surface area contributed by atoms with E-state index in [-0.39, 0.29) is 11.5 Å². The highest BCUT2D eigenvalue weighted by Gasteiger charge is 2.34. The summed E-state index contributed by atoms with van der Waals surface area (Å²) >= 11 is 1.84. The van der Waals surface area contributed by atoms with Crippen molar-refractivity contribution in [2.75, 3.05) is 24.6 Å². The Morgan fingerprint density at radius 2 is 2.00 bits per heavy atom. The first-order valence-corrected chi connectivity index (χ1v) is 9.73. The quantitative estimate of drug-likeness (QED) is 0.289. The van der Waals surface area contributed by atoms with Gasteiger partial charge >= 0.3 is 11.5 Å². The minimum atomic E-state index is -1.19. The molecule has 0 aromatic heterocycles. The summed E-state index contributed by atoms with van der Waals surface area (Å²) in [4.78, 5) is 44.9. The molecule has 0 aromatic rings. The number of hydroxylamine groups is 3. The van der Waals surface area contributed by atoms with Gasteiger partial charge in [0.05, 0.1) is 10.5 Å². The second-order valence-corrected chi connectivity index (χ2v) is 7.49. The van der Waals surface area contributed by atoms with Gasteiger partial charge in [-0.2, -0.15) is 16.8 Å². The molecule has 0 atom stereocenters. The number of thioether (sulfide) groups is 1. The normalized spacial score (nSPS) is 24.4. The molecule has 4 rings (SSSR count). The van der Waals surface area contributed by atoms with Crippen LogP contribution in [-0.2, 0) is 14.4 Å². The third-order valence-corrected chi connectivity index (χ3v) is 5.40. The summed E-state index contributed by atoms with van der Waals surface area (Å²) in [5.41, 5.74) is 2.39. The average Bonchev–Trinajstić information content (AvgIpc) is 3.21. The van der Waals surface area contributed by atoms with Gasteiger partial charge in [0.15, 0.2) is 5.82 Å². The lowest BCUT2D eigenvalue weighted by atomic mass is 10.0. The molecule has 3 aliphatic heterocycles. The van der Waals surface area contributed by atoms with Crippen LogP contribution in [0.15, 0.2) is 64.0 Å². The minimum absolute atomic E-state index is 0.0187. The van der Waals surface area contributed by atoms with Crippen LogP contribution in [0, 0.1) is 10.1 Å². The minimum Gasteiger partial charge on any atom is -0.359 e. The number of carbonyl (C=O) groups excluding carboxylic acids is 2. The van der Waals surface area contributed by atoms with Crippen molar-refractivity contribution in [2.24, 2.45) is 4.99 Å². The summed E-state index contributed by atoms with van der Waals surface area (Å²) in [5.74, 6) is 0.530. The summed E-state index contributed by atoms with van der Waals surface area (Å²) in [6, 6.07) is 0. The molecule has 0 aromatic carbocycles. The van der Waals surface area contributed by atoms with Crippen LogP contribution in [0.4, 0.5) is 0 Å². The van der Waals surface area contributed by atoms with Gasteiger partial charge in [-0.25, -0.2) is 10.5 Å². The SMILES string of the molecule is O=C1C=C(C2=NC(=C3C=CN(O)C(N4CCSCC4)=C3)NO2)C=C([N+](=O)[O-])C1=O. The van der Waals surface area contributed by atoms with Gasteiger partial charge in [-0.05, 0) is 12.2 Å². The molecule has 12 heteroatoms. The molecule has 0 spiro atoms. The number of nitro groups is 1. The van der Waals surface area contributed by atoms with E-state index < -0.39 is 22.2 Å². The average molecular weight is 417 g/mol. The summed E-state index contributed by atoms with van der Waals surface area (Å²) < 4.78 is 0. The zero-order valence-corrected chi connectivity index (χ0v) is 15.7. The number of carbonyl (C=O) groups is 2. The van der Waals surface area contributed by atoms with Crippen LogP contribution in [0.2, 0.25) is 0 Å². The molecule has 0 unspecified atom stereocenters. The zero-order chi connectivity index (χ0) is 20.5. The molecule has 1 fully saturated rings. The number of hydrogen-bond acceptors (Lipinski definition) is 11. The standard InChI is InChI=1S/C17H15N5O6S/c23-13-8-11(7-12(15(13)24)22(26)27)17-18-16(19-28-17)10-1-2-21(25)14(9-10)20-3-5-29-6-4-20/h1-2,7-9,19,25H,3-6H2. The first-order chi connectivity index (χ1) is 13.9. The predicted octanol–water partition coefficient (Wildman–Crippen LogP) is 0.479. The second-order valence-electron chi connectivity index (χ2n) is 6.27. The Kier molecular flexibility index (Phi) is 4.94. The van der Waals surface area contributed by atoms with Crippen LogP contribution in [0.5, 0.6) is 0 Å². The fourth-order valence-electron chi connectivity index (χ4n) is 2.99. The lowest BCUT2D eigenvalue weighted by Crippen LogP contribution is -2.38. The van der Waals surface area contributed by atoms with Crippen LogP contribution in [-0.4, -0.2) is 62.2 Å². The van der Waals surface area contributed by atoms with E-state index in [4.69, 9.17) is 4.84 Å². The number of aliphatic imine (C=N–C) groups is 1. The molecule has 0 radical (unpaired) electrons. The number of nitrogens with zero attached hydrogens (tertiary/aromatic N) is 4. The highest BCUT2D eigenvalue weighted by atomic mass is 32.2. The Hall–Kier alpha value is -3.38. The largest absolute Gasteiger partial charge is 0.359 e. The molecule has 29 heavy (non-hydrogen) atoms. The van der Waals surface area contributed by atoms with Gasteiger partial charge in [-0.15, -0.1) is 0 Å². The zero-order valence-electron chi connectivity index (χ0n) is 14.9. The van der Waals surface area contributed by atoms with Crippen LogP contribution in [0.25, 0.3) is 0 Å². The molecule has 11 nitrogen and oxygen atoms in total. The molecular weight excluding hydrogens is 402 g/mol. The molecule has 1 aliphatic carbocycles. The maximum absolute atomic E-state index is 11.7. The summed E-state index contributed by atoms with van der Waals surface area (Å²) in [6.45, 7) is 1.58. The molecule has 4 aliphatic rings. The molecule has 1 saturated heterocycles. The molecular formula is C17H15N5O6S. The van der Waals surface area contributed by atoms with E-state index in [2.05, 4.69) is 10.5 Å². The van der Waals surface area contributed by atoms with Crippen LogP contribution < -0.4 is 5.48 Å². The van der Waals surface area contributed by atoms with E-state index >= 15 is 0 Å². The van der Waals surface area contributed by atoms with Crippen molar-refractivity contribution in [1.82, 2.24) is 15.4 Å². The Morgan fingerprint density at radius 3 is 2.72 bits per heavy atom. The molecule has 2 N–H and O–H groups in total. The van der Waals surface area contributed by atoms with Crippen molar-refractivity contribution >= 4 is 29.2 Å². The van der Waals surface area contributed by atoms with E-state index in [0.29, 0.717) is 17.2 Å².